The Morgan fingerprint density at radius 2 is 1.86 bits per heavy atom. The summed E-state index contributed by atoms with van der Waals surface area (Å²) in [5.41, 5.74) is 2.70. The highest BCUT2D eigenvalue weighted by molar-refractivity contribution is 7.85. The summed E-state index contributed by atoms with van der Waals surface area (Å²) in [7, 11) is -4.11. The first kappa shape index (κ1) is 24.5. The molecule has 0 amide bonds. The molecule has 0 radical (unpaired) electrons. The monoisotopic (exact) mass is 511 g/mol. The Bertz CT molecular complexity index is 1410. The van der Waals surface area contributed by atoms with Crippen molar-refractivity contribution in [3.05, 3.63) is 100.0 Å². The van der Waals surface area contributed by atoms with Gasteiger partial charge in [0, 0.05) is 23.7 Å². The summed E-state index contributed by atoms with van der Waals surface area (Å²) in [6, 6.07) is 14.5. The minimum absolute atomic E-state index is 0.0836. The van der Waals surface area contributed by atoms with Gasteiger partial charge in [0.15, 0.2) is 0 Å². The molecule has 2 aromatic rings. The number of esters is 1. The number of ether oxygens (including phenoxy) is 1. The number of nitrogens with zero attached hydrogens (tertiary/aromatic N) is 3. The van der Waals surface area contributed by atoms with E-state index < -0.39 is 16.1 Å². The quantitative estimate of drug-likeness (QED) is 0.322. The molecule has 0 saturated carbocycles. The maximum absolute atomic E-state index is 12.4. The summed E-state index contributed by atoms with van der Waals surface area (Å²) >= 11 is 6.25. The zero-order valence-corrected chi connectivity index (χ0v) is 20.4. The van der Waals surface area contributed by atoms with Crippen molar-refractivity contribution in [1.29, 1.82) is 0 Å². The second-order valence-corrected chi connectivity index (χ2v) is 9.82. The van der Waals surface area contributed by atoms with Crippen LogP contribution in [0.4, 0.5) is 11.4 Å². The van der Waals surface area contributed by atoms with Crippen molar-refractivity contribution in [2.75, 3.05) is 28.6 Å². The molecule has 10 heteroatoms. The maximum atomic E-state index is 12.4. The van der Waals surface area contributed by atoms with Gasteiger partial charge in [0.1, 0.15) is 11.6 Å². The molecule has 0 unspecified atom stereocenters. The number of hydrogen-bond acceptors (Lipinski definition) is 6. The van der Waals surface area contributed by atoms with Crippen molar-refractivity contribution in [2.45, 2.75) is 13.3 Å². The van der Waals surface area contributed by atoms with Gasteiger partial charge in [0.2, 0.25) is 0 Å². The first-order valence-electron chi connectivity index (χ1n) is 10.8. The fourth-order valence-electron chi connectivity index (χ4n) is 4.16. The number of allylic oxidation sites excluding steroid dienone is 3. The number of anilines is 2. The molecule has 0 aliphatic carbocycles. The average Bonchev–Trinajstić information content (AvgIpc) is 3.30. The van der Waals surface area contributed by atoms with Gasteiger partial charge in [-0.1, -0.05) is 41.9 Å². The van der Waals surface area contributed by atoms with Crippen LogP contribution in [0, 0.1) is 6.57 Å². The van der Waals surface area contributed by atoms with E-state index in [0.717, 1.165) is 11.4 Å². The summed E-state index contributed by atoms with van der Waals surface area (Å²) in [5.74, 6) is -0.121. The standard InChI is InChI=1S/C25H22ClN3O5S/c1-3-28-19-11-10-18(26)16-20(19)29(14-7-15-35(31,32)33)22(28)13-12-21-23(17-8-5-4-6-9-17)24(27-2)25(30)34-21/h4-6,8-13,16H,3,7,14-15H2,1H3,(H,31,32,33)/b21-12-,22-13+. The summed E-state index contributed by atoms with van der Waals surface area (Å²) in [5, 5.41) is 0.528. The number of fused-ring (bicyclic) bond motifs is 1. The highest BCUT2D eigenvalue weighted by atomic mass is 35.5. The normalized spacial score (nSPS) is 17.8. The van der Waals surface area contributed by atoms with Crippen LogP contribution in [-0.2, 0) is 19.6 Å². The molecule has 0 fully saturated rings. The lowest BCUT2D eigenvalue weighted by molar-refractivity contribution is -0.132. The topological polar surface area (TPSA) is 91.5 Å². The molecule has 0 saturated heterocycles. The smallest absolute Gasteiger partial charge is 0.342 e. The molecule has 4 rings (SSSR count). The van der Waals surface area contributed by atoms with E-state index in [-0.39, 0.29) is 23.6 Å². The molecule has 0 aromatic heterocycles. The van der Waals surface area contributed by atoms with Gasteiger partial charge in [-0.25, -0.2) is 4.85 Å². The number of benzene rings is 2. The minimum Gasteiger partial charge on any atom is -0.432 e. The van der Waals surface area contributed by atoms with Gasteiger partial charge in [0.25, 0.3) is 15.8 Å². The molecule has 2 heterocycles. The molecule has 2 aromatic carbocycles. The van der Waals surface area contributed by atoms with Crippen LogP contribution in [0.1, 0.15) is 18.9 Å². The van der Waals surface area contributed by atoms with Crippen molar-refractivity contribution >= 4 is 44.6 Å². The minimum atomic E-state index is -4.11. The SMILES string of the molecule is [C-]#[N+]C1=C(c2ccccc2)/C(=C/C=C2\N(CC)c3ccc(Cl)cc3N2CCCS(=O)(=O)O)OC1=O. The Morgan fingerprint density at radius 1 is 1.11 bits per heavy atom. The van der Waals surface area contributed by atoms with Gasteiger partial charge in [0.05, 0.1) is 23.7 Å². The van der Waals surface area contributed by atoms with E-state index in [1.54, 1.807) is 36.4 Å². The molecule has 35 heavy (non-hydrogen) atoms. The van der Waals surface area contributed by atoms with Gasteiger partial charge in [-0.05, 0) is 49.3 Å². The second kappa shape index (κ2) is 9.96. The highest BCUT2D eigenvalue weighted by Crippen LogP contribution is 2.43. The molecule has 180 valence electrons. The van der Waals surface area contributed by atoms with Gasteiger partial charge >= 0.3 is 5.97 Å². The van der Waals surface area contributed by atoms with E-state index in [4.69, 9.17) is 22.9 Å². The third kappa shape index (κ3) is 5.10. The van der Waals surface area contributed by atoms with Crippen LogP contribution in [0.3, 0.4) is 0 Å². The Hall–Kier alpha value is -3.58. The zero-order valence-electron chi connectivity index (χ0n) is 18.8. The van der Waals surface area contributed by atoms with Crippen molar-refractivity contribution < 1.29 is 22.5 Å². The second-order valence-electron chi connectivity index (χ2n) is 7.82. The number of rotatable bonds is 7. The first-order chi connectivity index (χ1) is 16.7. The third-order valence-electron chi connectivity index (χ3n) is 5.61. The van der Waals surface area contributed by atoms with Crippen molar-refractivity contribution in [3.63, 3.8) is 0 Å². The maximum Gasteiger partial charge on any atom is 0.342 e. The number of halogens is 1. The van der Waals surface area contributed by atoms with Crippen LogP contribution < -0.4 is 9.80 Å². The van der Waals surface area contributed by atoms with Crippen molar-refractivity contribution in [3.8, 4) is 0 Å². The predicted molar refractivity (Wildman–Crippen MR) is 135 cm³/mol. The third-order valence-corrected chi connectivity index (χ3v) is 6.65. The number of carbonyl (C=O) groups is 1. The van der Waals surface area contributed by atoms with E-state index in [1.807, 2.05) is 41.0 Å². The lowest BCUT2D eigenvalue weighted by Crippen LogP contribution is -2.29. The first-order valence-corrected chi connectivity index (χ1v) is 12.8. The van der Waals surface area contributed by atoms with E-state index in [1.165, 1.54) is 0 Å². The number of hydrogen-bond donors (Lipinski definition) is 1. The summed E-state index contributed by atoms with van der Waals surface area (Å²) < 4.78 is 37.2. The molecule has 8 nitrogen and oxygen atoms in total. The van der Waals surface area contributed by atoms with Crippen molar-refractivity contribution in [2.24, 2.45) is 0 Å². The molecule has 2 aliphatic rings. The van der Waals surface area contributed by atoms with Crippen LogP contribution in [-0.4, -0.2) is 37.8 Å². The van der Waals surface area contributed by atoms with Crippen LogP contribution in [0.15, 0.2) is 78.0 Å². The van der Waals surface area contributed by atoms with Gasteiger partial charge in [-0.3, -0.25) is 9.35 Å². The summed E-state index contributed by atoms with van der Waals surface area (Å²) in [6.45, 7) is 10.3. The van der Waals surface area contributed by atoms with Crippen LogP contribution in [0.25, 0.3) is 10.4 Å². The Kier molecular flexibility index (Phi) is 6.98. The van der Waals surface area contributed by atoms with E-state index in [2.05, 4.69) is 4.85 Å². The van der Waals surface area contributed by atoms with Crippen LogP contribution >= 0.6 is 11.6 Å². The number of carbonyl (C=O) groups excluding carboxylic acids is 1. The summed E-state index contributed by atoms with van der Waals surface area (Å²) in [4.78, 5) is 19.7. The zero-order chi connectivity index (χ0) is 25.2. The van der Waals surface area contributed by atoms with Crippen molar-refractivity contribution in [1.82, 2.24) is 0 Å². The Balaban J connectivity index is 1.77. The Labute approximate surface area is 208 Å². The molecular weight excluding hydrogens is 490 g/mol. The van der Waals surface area contributed by atoms with Gasteiger partial charge in [-0.15, -0.1) is 0 Å². The summed E-state index contributed by atoms with van der Waals surface area (Å²) in [6.07, 6.45) is 3.59. The highest BCUT2D eigenvalue weighted by Gasteiger charge is 2.33. The predicted octanol–water partition coefficient (Wildman–Crippen LogP) is 4.88. The lowest BCUT2D eigenvalue weighted by Gasteiger charge is -2.24. The average molecular weight is 512 g/mol. The molecule has 0 spiro atoms. The molecule has 0 atom stereocenters. The molecule has 1 N–H and O–H groups in total. The molecular formula is C25H22ClN3O5S. The van der Waals surface area contributed by atoms with E-state index in [0.29, 0.717) is 35.1 Å². The van der Waals surface area contributed by atoms with Crippen LogP contribution in [0.5, 0.6) is 0 Å². The molecule has 2 aliphatic heterocycles. The van der Waals surface area contributed by atoms with E-state index >= 15 is 0 Å². The van der Waals surface area contributed by atoms with Gasteiger partial charge < -0.3 is 14.5 Å². The van der Waals surface area contributed by atoms with E-state index in [9.17, 15) is 17.8 Å². The van der Waals surface area contributed by atoms with Crippen LogP contribution in [0.2, 0.25) is 5.02 Å². The Morgan fingerprint density at radius 3 is 2.51 bits per heavy atom. The fourth-order valence-corrected chi connectivity index (χ4v) is 4.82. The van der Waals surface area contributed by atoms with Gasteiger partial charge in [-0.2, -0.15) is 8.42 Å². The lowest BCUT2D eigenvalue weighted by atomic mass is 10.0. The number of cyclic esters (lactones) is 1. The molecule has 0 bridgehead atoms. The largest absolute Gasteiger partial charge is 0.432 e. The fraction of sp³-hybridized carbons (Fsp3) is 0.200.